The lowest BCUT2D eigenvalue weighted by molar-refractivity contribution is -0.111. The van der Waals surface area contributed by atoms with Crippen molar-refractivity contribution < 1.29 is 18.7 Å². The number of H-pyrrole nitrogens is 1. The number of hydrogen-bond acceptors (Lipinski definition) is 7. The first-order valence-corrected chi connectivity index (χ1v) is 11.1. The number of aryl methyl sites for hydroxylation is 1. The van der Waals surface area contributed by atoms with Crippen LogP contribution in [0.25, 0.3) is 28.7 Å². The molecule has 184 valence electrons. The lowest BCUT2D eigenvalue weighted by Crippen LogP contribution is -2.18. The number of aromatic nitrogens is 6. The smallest absolute Gasteiger partial charge is 0.263 e. The van der Waals surface area contributed by atoms with Gasteiger partial charge in [0.2, 0.25) is 18.6 Å². The van der Waals surface area contributed by atoms with E-state index >= 15 is 0 Å². The zero-order valence-corrected chi connectivity index (χ0v) is 19.3. The average molecular weight is 499 g/mol. The quantitative estimate of drug-likeness (QED) is 0.356. The van der Waals surface area contributed by atoms with Crippen molar-refractivity contribution in [3.05, 3.63) is 88.2 Å². The van der Waals surface area contributed by atoms with Crippen LogP contribution in [0.4, 0.5) is 10.2 Å². The Morgan fingerprint density at radius 2 is 1.92 bits per heavy atom. The molecule has 37 heavy (non-hydrogen) atoms. The monoisotopic (exact) mass is 499 g/mol. The van der Waals surface area contributed by atoms with Crippen LogP contribution < -0.4 is 20.3 Å². The Kier molecular flexibility index (Phi) is 5.26. The van der Waals surface area contributed by atoms with Gasteiger partial charge in [-0.1, -0.05) is 6.07 Å². The summed E-state index contributed by atoms with van der Waals surface area (Å²) in [6.07, 6.45) is 4.39. The molecule has 0 atom stereocenters. The van der Waals surface area contributed by atoms with Gasteiger partial charge in [-0.05, 0) is 55.0 Å². The summed E-state index contributed by atoms with van der Waals surface area (Å²) < 4.78 is 26.8. The Bertz CT molecular complexity index is 1750. The van der Waals surface area contributed by atoms with E-state index in [1.165, 1.54) is 45.9 Å². The van der Waals surface area contributed by atoms with E-state index < -0.39 is 17.3 Å². The molecule has 1 amide bonds. The van der Waals surface area contributed by atoms with Crippen molar-refractivity contribution in [2.45, 2.75) is 6.92 Å². The maximum Gasteiger partial charge on any atom is 0.263 e. The van der Waals surface area contributed by atoms with Gasteiger partial charge in [0.25, 0.3) is 5.56 Å². The van der Waals surface area contributed by atoms with Gasteiger partial charge in [-0.3, -0.25) is 14.6 Å². The number of hydrogen-bond donors (Lipinski definition) is 2. The predicted octanol–water partition coefficient (Wildman–Crippen LogP) is 3.12. The van der Waals surface area contributed by atoms with Crippen LogP contribution in [0.5, 0.6) is 11.5 Å². The molecular weight excluding hydrogens is 481 g/mol. The van der Waals surface area contributed by atoms with E-state index in [4.69, 9.17) is 9.47 Å². The molecule has 0 saturated heterocycles. The molecule has 0 aliphatic carbocycles. The van der Waals surface area contributed by atoms with Crippen molar-refractivity contribution >= 4 is 28.8 Å². The van der Waals surface area contributed by atoms with Gasteiger partial charge in [-0.25, -0.2) is 9.07 Å². The van der Waals surface area contributed by atoms with Gasteiger partial charge < -0.3 is 14.8 Å². The number of aromatic amines is 1. The van der Waals surface area contributed by atoms with E-state index in [1.807, 2.05) is 0 Å². The first kappa shape index (κ1) is 22.2. The molecule has 0 radical (unpaired) electrons. The summed E-state index contributed by atoms with van der Waals surface area (Å²) in [5, 5.41) is 11.6. The number of carbonyl (C=O) groups is 1. The minimum atomic E-state index is -0.443. The van der Waals surface area contributed by atoms with E-state index in [-0.39, 0.29) is 23.8 Å². The third-order valence-electron chi connectivity index (χ3n) is 5.60. The first-order valence-electron chi connectivity index (χ1n) is 11.1. The molecule has 11 nitrogen and oxygen atoms in total. The minimum absolute atomic E-state index is 0.0736. The fourth-order valence-electron chi connectivity index (χ4n) is 3.89. The fraction of sp³-hybridized carbons (Fsp3) is 0.0800. The number of rotatable bonds is 5. The highest BCUT2D eigenvalue weighted by molar-refractivity contribution is 6.01. The number of nitrogens with zero attached hydrogens (tertiary/aromatic N) is 5. The van der Waals surface area contributed by atoms with Gasteiger partial charge >= 0.3 is 0 Å². The summed E-state index contributed by atoms with van der Waals surface area (Å²) in [4.78, 5) is 32.7. The van der Waals surface area contributed by atoms with Crippen LogP contribution in [-0.4, -0.2) is 42.2 Å². The third-order valence-corrected chi connectivity index (χ3v) is 5.60. The number of halogens is 1. The Balaban J connectivity index is 1.31. The molecule has 1 aliphatic rings. The molecule has 0 saturated carbocycles. The Morgan fingerprint density at radius 1 is 1.11 bits per heavy atom. The first-order chi connectivity index (χ1) is 17.9. The van der Waals surface area contributed by atoms with Crippen LogP contribution in [0.2, 0.25) is 0 Å². The molecule has 12 heteroatoms. The molecule has 5 aromatic rings. The van der Waals surface area contributed by atoms with Crippen LogP contribution >= 0.6 is 0 Å². The van der Waals surface area contributed by atoms with Gasteiger partial charge in [-0.15, -0.1) is 0 Å². The highest BCUT2D eigenvalue weighted by Gasteiger charge is 2.17. The molecule has 0 spiro atoms. The number of fused-ring (bicyclic) bond motifs is 2. The molecular formula is C25H18FN7O4. The maximum atomic E-state index is 13.4. The average Bonchev–Trinajstić information content (AvgIpc) is 3.61. The van der Waals surface area contributed by atoms with Crippen molar-refractivity contribution in [3.63, 3.8) is 0 Å². The second-order valence-corrected chi connectivity index (χ2v) is 8.18. The standard InChI is InChI=1S/C25H18FN7O4/c1-14-10-21(28-22(34)9-3-15-2-8-19-20(11-15)37-13-36-19)33(31-14)25-29-23-18(24(35)30-25)12-27-32(23)17-6-4-16(26)5-7-17/h2-12H,13H2,1H3,(H,28,34)(H,29,30,35)/b9-3+. The molecule has 0 fully saturated rings. The summed E-state index contributed by atoms with van der Waals surface area (Å²) in [7, 11) is 0. The molecule has 3 aromatic heterocycles. The lowest BCUT2D eigenvalue weighted by Gasteiger charge is -2.08. The van der Waals surface area contributed by atoms with E-state index in [0.29, 0.717) is 28.7 Å². The molecule has 2 N–H and O–H groups in total. The molecule has 0 unspecified atom stereocenters. The van der Waals surface area contributed by atoms with Gasteiger partial charge in [-0.2, -0.15) is 19.9 Å². The zero-order valence-electron chi connectivity index (χ0n) is 19.3. The summed E-state index contributed by atoms with van der Waals surface area (Å²) in [5.74, 6) is 0.824. The number of amides is 1. The highest BCUT2D eigenvalue weighted by atomic mass is 19.1. The number of anilines is 1. The Hall–Kier alpha value is -5.26. The highest BCUT2D eigenvalue weighted by Crippen LogP contribution is 2.32. The minimum Gasteiger partial charge on any atom is -0.454 e. The van der Waals surface area contributed by atoms with Gasteiger partial charge in [0.1, 0.15) is 17.0 Å². The van der Waals surface area contributed by atoms with Gasteiger partial charge in [0, 0.05) is 12.1 Å². The molecule has 2 aromatic carbocycles. The SMILES string of the molecule is Cc1cc(NC(=O)/C=C/c2ccc3c(c2)OCO3)n(-c2nc3c(cnn3-c3ccc(F)cc3)c(=O)[nH]2)n1. The van der Waals surface area contributed by atoms with Crippen molar-refractivity contribution in [1.29, 1.82) is 0 Å². The number of ether oxygens (including phenoxy) is 2. The van der Waals surface area contributed by atoms with Crippen molar-refractivity contribution in [2.75, 3.05) is 12.1 Å². The second-order valence-electron chi connectivity index (χ2n) is 8.18. The number of carbonyl (C=O) groups excluding carboxylic acids is 1. The normalized spacial score (nSPS) is 12.5. The second kappa shape index (κ2) is 8.75. The van der Waals surface area contributed by atoms with E-state index in [2.05, 4.69) is 25.5 Å². The number of benzene rings is 2. The third kappa shape index (κ3) is 4.20. The van der Waals surface area contributed by atoms with Crippen molar-refractivity contribution in [3.8, 4) is 23.1 Å². The van der Waals surface area contributed by atoms with Gasteiger partial charge in [0.15, 0.2) is 17.1 Å². The Labute approximate surface area is 207 Å². The molecule has 0 bridgehead atoms. The van der Waals surface area contributed by atoms with Crippen LogP contribution in [0.3, 0.4) is 0 Å². The summed E-state index contributed by atoms with van der Waals surface area (Å²) in [6.45, 7) is 1.91. The van der Waals surface area contributed by atoms with Crippen molar-refractivity contribution in [2.24, 2.45) is 0 Å². The lowest BCUT2D eigenvalue weighted by atomic mass is 10.2. The summed E-state index contributed by atoms with van der Waals surface area (Å²) in [6, 6.07) is 12.6. The zero-order chi connectivity index (χ0) is 25.5. The van der Waals surface area contributed by atoms with E-state index in [1.54, 1.807) is 37.3 Å². The van der Waals surface area contributed by atoms with Crippen molar-refractivity contribution in [1.82, 2.24) is 29.5 Å². The maximum absolute atomic E-state index is 13.4. The molecule has 4 heterocycles. The van der Waals surface area contributed by atoms with E-state index in [9.17, 15) is 14.0 Å². The van der Waals surface area contributed by atoms with Crippen LogP contribution in [0, 0.1) is 12.7 Å². The topological polar surface area (TPSA) is 129 Å². The summed E-state index contributed by atoms with van der Waals surface area (Å²) >= 11 is 0. The molecule has 1 aliphatic heterocycles. The Morgan fingerprint density at radius 3 is 2.76 bits per heavy atom. The van der Waals surface area contributed by atoms with Gasteiger partial charge in [0.05, 0.1) is 17.6 Å². The van der Waals surface area contributed by atoms with Crippen LogP contribution in [0.1, 0.15) is 11.3 Å². The number of nitrogens with one attached hydrogen (secondary N) is 2. The van der Waals surface area contributed by atoms with Crippen LogP contribution in [0.15, 0.2) is 65.6 Å². The predicted molar refractivity (Wildman–Crippen MR) is 132 cm³/mol. The van der Waals surface area contributed by atoms with Crippen LogP contribution in [-0.2, 0) is 4.79 Å². The fourth-order valence-corrected chi connectivity index (χ4v) is 3.89. The summed E-state index contributed by atoms with van der Waals surface area (Å²) in [5.41, 5.74) is 1.68. The largest absolute Gasteiger partial charge is 0.454 e. The van der Waals surface area contributed by atoms with E-state index in [0.717, 1.165) is 5.56 Å². The molecule has 6 rings (SSSR count).